The van der Waals surface area contributed by atoms with Gasteiger partial charge in [0.2, 0.25) is 5.75 Å². The minimum absolute atomic E-state index is 0.132. The zero-order chi connectivity index (χ0) is 19.5. The normalized spacial score (nSPS) is 10.3. The van der Waals surface area contributed by atoms with Crippen molar-refractivity contribution in [3.8, 4) is 23.0 Å². The minimum atomic E-state index is -0.383. The molecule has 0 aliphatic carbocycles. The highest BCUT2D eigenvalue weighted by Gasteiger charge is 2.19. The van der Waals surface area contributed by atoms with Crippen LogP contribution >= 0.6 is 0 Å². The van der Waals surface area contributed by atoms with Crippen LogP contribution in [0.1, 0.15) is 52.4 Å². The quantitative estimate of drug-likeness (QED) is 0.398. The van der Waals surface area contributed by atoms with Crippen molar-refractivity contribution in [2.24, 2.45) is 0 Å². The third kappa shape index (κ3) is 6.77. The average Bonchev–Trinajstić information content (AvgIpc) is 2.68. The lowest BCUT2D eigenvalue weighted by atomic mass is 10.2. The Morgan fingerprint density at radius 1 is 0.741 bits per heavy atom. The Bertz CT molecular complexity index is 740. The molecule has 0 radical (unpaired) electrons. The Balaban J connectivity index is 2.26. The molecule has 2 aromatic carbocycles. The van der Waals surface area contributed by atoms with E-state index in [1.807, 2.05) is 32.0 Å². The Morgan fingerprint density at radius 2 is 1.33 bits per heavy atom. The second-order valence-corrected chi connectivity index (χ2v) is 6.15. The van der Waals surface area contributed by atoms with Crippen LogP contribution in [-0.2, 0) is 9.59 Å². The molecule has 0 N–H and O–H groups in total. The zero-order valence-corrected chi connectivity index (χ0v) is 15.9. The Kier molecular flexibility index (Phi) is 8.36. The number of unbranched alkanes of at least 4 members (excludes halogenated alkanes) is 2. The van der Waals surface area contributed by atoms with Crippen LogP contribution in [0.15, 0.2) is 48.5 Å². The summed E-state index contributed by atoms with van der Waals surface area (Å²) in [7, 11) is 0. The second kappa shape index (κ2) is 11.0. The summed E-state index contributed by atoms with van der Waals surface area (Å²) in [4.78, 5) is 24.2. The average molecular weight is 370 g/mol. The van der Waals surface area contributed by atoms with E-state index >= 15 is 0 Å². The lowest BCUT2D eigenvalue weighted by Gasteiger charge is -2.15. The molecular formula is C22H26O5. The van der Waals surface area contributed by atoms with Gasteiger partial charge in [-0.2, -0.15) is 0 Å². The summed E-state index contributed by atoms with van der Waals surface area (Å²) in [5.74, 6) is 0.498. The zero-order valence-electron chi connectivity index (χ0n) is 15.9. The molecule has 0 aliphatic heterocycles. The van der Waals surface area contributed by atoms with Crippen LogP contribution in [0.25, 0.3) is 0 Å². The van der Waals surface area contributed by atoms with Crippen molar-refractivity contribution in [2.45, 2.75) is 52.4 Å². The number of hydrogen-bond acceptors (Lipinski definition) is 5. The first-order valence-corrected chi connectivity index (χ1v) is 9.41. The molecule has 0 spiro atoms. The van der Waals surface area contributed by atoms with Crippen molar-refractivity contribution in [1.82, 2.24) is 0 Å². The third-order valence-corrected chi connectivity index (χ3v) is 3.82. The molecule has 0 amide bonds. The molecule has 0 unspecified atom stereocenters. The summed E-state index contributed by atoms with van der Waals surface area (Å²) in [5, 5.41) is 0. The summed E-state index contributed by atoms with van der Waals surface area (Å²) in [6.45, 7) is 4.00. The van der Waals surface area contributed by atoms with Crippen molar-refractivity contribution < 1.29 is 23.8 Å². The smallest absolute Gasteiger partial charge is 0.311 e. The molecule has 0 atom stereocenters. The summed E-state index contributed by atoms with van der Waals surface area (Å²) in [6.07, 6.45) is 3.85. The lowest BCUT2D eigenvalue weighted by molar-refractivity contribution is -0.137. The van der Waals surface area contributed by atoms with Gasteiger partial charge in [-0.15, -0.1) is 0 Å². The maximum atomic E-state index is 12.2. The van der Waals surface area contributed by atoms with E-state index in [0.717, 1.165) is 25.7 Å². The number of carbonyl (C=O) groups is 2. The Hall–Kier alpha value is -2.82. The molecule has 0 aromatic heterocycles. The van der Waals surface area contributed by atoms with E-state index in [4.69, 9.17) is 14.2 Å². The summed E-state index contributed by atoms with van der Waals surface area (Å²) in [5.41, 5.74) is 0. The van der Waals surface area contributed by atoms with E-state index in [0.29, 0.717) is 24.3 Å². The van der Waals surface area contributed by atoms with Crippen LogP contribution in [0, 0.1) is 0 Å². The fourth-order valence-electron chi connectivity index (χ4n) is 2.35. The minimum Gasteiger partial charge on any atom is -0.453 e. The van der Waals surface area contributed by atoms with Crippen molar-refractivity contribution in [3.63, 3.8) is 0 Å². The molecule has 0 bridgehead atoms. The molecule has 5 heteroatoms. The van der Waals surface area contributed by atoms with E-state index in [2.05, 4.69) is 0 Å². The second-order valence-electron chi connectivity index (χ2n) is 6.15. The first-order chi connectivity index (χ1) is 13.1. The standard InChI is InChI=1S/C22H26O5/c1-3-5-15-20(23)26-19-14-10-13-18(25-17-11-8-7-9-12-17)22(19)27-21(24)16-6-4-2/h7-14H,3-6,15-16H2,1-2H3. The van der Waals surface area contributed by atoms with E-state index in [1.54, 1.807) is 30.3 Å². The number of esters is 2. The predicted molar refractivity (Wildman–Crippen MR) is 103 cm³/mol. The van der Waals surface area contributed by atoms with Crippen LogP contribution in [0.5, 0.6) is 23.0 Å². The third-order valence-electron chi connectivity index (χ3n) is 3.82. The number of hydrogen-bond donors (Lipinski definition) is 0. The molecule has 2 rings (SSSR count). The molecule has 2 aromatic rings. The Morgan fingerprint density at radius 3 is 1.96 bits per heavy atom. The molecule has 0 fully saturated rings. The molecule has 0 saturated carbocycles. The molecule has 27 heavy (non-hydrogen) atoms. The van der Waals surface area contributed by atoms with E-state index < -0.39 is 0 Å². The van der Waals surface area contributed by atoms with Gasteiger partial charge in [0.15, 0.2) is 11.5 Å². The number of ether oxygens (including phenoxy) is 3. The van der Waals surface area contributed by atoms with Gasteiger partial charge in [0.25, 0.3) is 0 Å². The van der Waals surface area contributed by atoms with Crippen molar-refractivity contribution in [3.05, 3.63) is 48.5 Å². The van der Waals surface area contributed by atoms with E-state index in [9.17, 15) is 9.59 Å². The van der Waals surface area contributed by atoms with Crippen molar-refractivity contribution in [2.75, 3.05) is 0 Å². The lowest BCUT2D eigenvalue weighted by Crippen LogP contribution is -2.12. The highest BCUT2D eigenvalue weighted by molar-refractivity contribution is 5.77. The van der Waals surface area contributed by atoms with Gasteiger partial charge in [-0.3, -0.25) is 9.59 Å². The first-order valence-electron chi connectivity index (χ1n) is 9.41. The topological polar surface area (TPSA) is 61.8 Å². The van der Waals surface area contributed by atoms with Gasteiger partial charge in [0.05, 0.1) is 0 Å². The molecule has 0 aliphatic rings. The number of para-hydroxylation sites is 2. The fourth-order valence-corrected chi connectivity index (χ4v) is 2.35. The number of carbonyl (C=O) groups excluding carboxylic acids is 2. The molecule has 0 heterocycles. The molecule has 0 saturated heterocycles. The number of benzene rings is 2. The summed E-state index contributed by atoms with van der Waals surface area (Å²) in [6, 6.07) is 14.1. The van der Waals surface area contributed by atoms with E-state index in [-0.39, 0.29) is 23.4 Å². The predicted octanol–water partition coefficient (Wildman–Crippen LogP) is 5.67. The number of rotatable bonds is 10. The summed E-state index contributed by atoms with van der Waals surface area (Å²) < 4.78 is 16.8. The van der Waals surface area contributed by atoms with Gasteiger partial charge in [0.1, 0.15) is 5.75 Å². The van der Waals surface area contributed by atoms with Gasteiger partial charge in [-0.05, 0) is 37.1 Å². The monoisotopic (exact) mass is 370 g/mol. The van der Waals surface area contributed by atoms with Crippen molar-refractivity contribution in [1.29, 1.82) is 0 Å². The summed E-state index contributed by atoms with van der Waals surface area (Å²) >= 11 is 0. The van der Waals surface area contributed by atoms with Gasteiger partial charge in [-0.1, -0.05) is 51.0 Å². The maximum absolute atomic E-state index is 12.2. The fraction of sp³-hybridized carbons (Fsp3) is 0.364. The Labute approximate surface area is 160 Å². The molecule has 144 valence electrons. The van der Waals surface area contributed by atoms with Crippen LogP contribution in [-0.4, -0.2) is 11.9 Å². The highest BCUT2D eigenvalue weighted by Crippen LogP contribution is 2.40. The van der Waals surface area contributed by atoms with Crippen LogP contribution in [0.3, 0.4) is 0 Å². The van der Waals surface area contributed by atoms with Crippen molar-refractivity contribution >= 4 is 11.9 Å². The van der Waals surface area contributed by atoms with Gasteiger partial charge >= 0.3 is 11.9 Å². The van der Waals surface area contributed by atoms with Crippen LogP contribution in [0.4, 0.5) is 0 Å². The maximum Gasteiger partial charge on any atom is 0.311 e. The van der Waals surface area contributed by atoms with Gasteiger partial charge < -0.3 is 14.2 Å². The first kappa shape index (κ1) is 20.5. The SMILES string of the molecule is CCCCC(=O)Oc1cccc(Oc2ccccc2)c1OC(=O)CCCC. The molecular weight excluding hydrogens is 344 g/mol. The van der Waals surface area contributed by atoms with Crippen LogP contribution < -0.4 is 14.2 Å². The van der Waals surface area contributed by atoms with Crippen LogP contribution in [0.2, 0.25) is 0 Å². The highest BCUT2D eigenvalue weighted by atomic mass is 16.6. The largest absolute Gasteiger partial charge is 0.453 e. The molecule has 5 nitrogen and oxygen atoms in total. The van der Waals surface area contributed by atoms with Gasteiger partial charge in [-0.25, -0.2) is 0 Å². The van der Waals surface area contributed by atoms with E-state index in [1.165, 1.54) is 0 Å². The van der Waals surface area contributed by atoms with Gasteiger partial charge in [0, 0.05) is 12.8 Å².